The average molecular weight is 205 g/mol. The number of rotatable bonds is 2. The van der Waals surface area contributed by atoms with E-state index in [1.165, 1.54) is 11.3 Å². The molecule has 0 aromatic heterocycles. The molecule has 1 heteroatoms. The third-order valence-corrected chi connectivity index (χ3v) is 2.92. The van der Waals surface area contributed by atoms with Crippen LogP contribution in [-0.4, -0.2) is 13.1 Å². The number of nitrogens with zero attached hydrogens (tertiary/aromatic N) is 1. The lowest BCUT2D eigenvalue weighted by molar-refractivity contribution is 0.590. The summed E-state index contributed by atoms with van der Waals surface area (Å²) in [6, 6.07) is 9.43. The van der Waals surface area contributed by atoms with Gasteiger partial charge in [0.25, 0.3) is 0 Å². The van der Waals surface area contributed by atoms with Crippen molar-refractivity contribution in [2.45, 2.75) is 46.1 Å². The topological polar surface area (TPSA) is 3.24 Å². The predicted octanol–water partition coefficient (Wildman–Crippen LogP) is 3.83. The highest BCUT2D eigenvalue weighted by Crippen LogP contribution is 2.24. The van der Waals surface area contributed by atoms with E-state index in [-0.39, 0.29) is 5.41 Å². The molecular weight excluding hydrogens is 182 g/mol. The summed E-state index contributed by atoms with van der Waals surface area (Å²) < 4.78 is 0. The Hall–Kier alpha value is -0.980. The minimum atomic E-state index is 0.245. The Morgan fingerprint density at radius 2 is 1.47 bits per heavy atom. The number of anilines is 1. The molecule has 1 aromatic rings. The largest absolute Gasteiger partial charge is 0.372 e. The second-order valence-electron chi connectivity index (χ2n) is 5.50. The van der Waals surface area contributed by atoms with Crippen molar-refractivity contribution in [1.29, 1.82) is 0 Å². The van der Waals surface area contributed by atoms with Gasteiger partial charge in [0.1, 0.15) is 0 Å². The summed E-state index contributed by atoms with van der Waals surface area (Å²) in [6.45, 7) is 11.1. The van der Waals surface area contributed by atoms with E-state index in [9.17, 15) is 0 Å². The molecule has 84 valence electrons. The van der Waals surface area contributed by atoms with Crippen molar-refractivity contribution < 1.29 is 0 Å². The van der Waals surface area contributed by atoms with Crippen molar-refractivity contribution >= 4 is 5.69 Å². The molecule has 1 rings (SSSR count). The molecule has 0 saturated heterocycles. The van der Waals surface area contributed by atoms with E-state index in [2.05, 4.69) is 70.8 Å². The van der Waals surface area contributed by atoms with Gasteiger partial charge in [-0.1, -0.05) is 32.9 Å². The highest BCUT2D eigenvalue weighted by molar-refractivity contribution is 5.48. The molecule has 0 saturated carbocycles. The van der Waals surface area contributed by atoms with Gasteiger partial charge in [-0.05, 0) is 37.0 Å². The van der Waals surface area contributed by atoms with Crippen LogP contribution < -0.4 is 4.90 Å². The molecule has 1 nitrogen and oxygen atoms in total. The highest BCUT2D eigenvalue weighted by Gasteiger charge is 2.13. The quantitative estimate of drug-likeness (QED) is 0.709. The van der Waals surface area contributed by atoms with E-state index in [1.807, 2.05) is 0 Å². The Labute approximate surface area is 94.1 Å². The minimum absolute atomic E-state index is 0.245. The number of hydrogen-bond acceptors (Lipinski definition) is 1. The first-order valence-electron chi connectivity index (χ1n) is 5.66. The van der Waals surface area contributed by atoms with E-state index in [4.69, 9.17) is 0 Å². The lowest BCUT2D eigenvalue weighted by atomic mass is 9.87. The predicted molar refractivity (Wildman–Crippen MR) is 68.7 cm³/mol. The first-order valence-corrected chi connectivity index (χ1v) is 5.66. The highest BCUT2D eigenvalue weighted by atomic mass is 15.1. The fraction of sp³-hybridized carbons (Fsp3) is 0.571. The summed E-state index contributed by atoms with van der Waals surface area (Å²) in [5, 5.41) is 0. The lowest BCUT2D eigenvalue weighted by Gasteiger charge is -2.25. The number of benzene rings is 1. The summed E-state index contributed by atoms with van der Waals surface area (Å²) in [7, 11) is 2.14. The third-order valence-electron chi connectivity index (χ3n) is 2.92. The molecule has 0 radical (unpaired) electrons. The Balaban J connectivity index is 2.91. The van der Waals surface area contributed by atoms with Gasteiger partial charge in [-0.25, -0.2) is 0 Å². The molecule has 1 aromatic carbocycles. The zero-order valence-electron chi connectivity index (χ0n) is 10.8. The van der Waals surface area contributed by atoms with Crippen molar-refractivity contribution in [3.8, 4) is 0 Å². The molecule has 0 aliphatic carbocycles. The maximum atomic E-state index is 2.28. The average Bonchev–Trinajstić information content (AvgIpc) is 2.15. The van der Waals surface area contributed by atoms with Crippen molar-refractivity contribution in [3.63, 3.8) is 0 Å². The maximum Gasteiger partial charge on any atom is 0.0366 e. The van der Waals surface area contributed by atoms with Crippen LogP contribution >= 0.6 is 0 Å². The van der Waals surface area contributed by atoms with E-state index >= 15 is 0 Å². The minimum Gasteiger partial charge on any atom is -0.372 e. The Bertz CT molecular complexity index is 303. The van der Waals surface area contributed by atoms with Crippen LogP contribution in [0.4, 0.5) is 5.69 Å². The molecule has 15 heavy (non-hydrogen) atoms. The van der Waals surface area contributed by atoms with Gasteiger partial charge in [-0.3, -0.25) is 0 Å². The van der Waals surface area contributed by atoms with Crippen LogP contribution in [0.2, 0.25) is 0 Å². The van der Waals surface area contributed by atoms with Crippen LogP contribution in [0.15, 0.2) is 24.3 Å². The van der Waals surface area contributed by atoms with Crippen LogP contribution in [0.25, 0.3) is 0 Å². The smallest absolute Gasteiger partial charge is 0.0366 e. The molecular formula is C14H23N. The molecule has 0 unspecified atom stereocenters. The Morgan fingerprint density at radius 3 is 1.80 bits per heavy atom. The van der Waals surface area contributed by atoms with Crippen molar-refractivity contribution in [2.24, 2.45) is 0 Å². The van der Waals surface area contributed by atoms with Crippen LogP contribution in [0.5, 0.6) is 0 Å². The molecule has 0 bridgehead atoms. The molecule has 0 amide bonds. The van der Waals surface area contributed by atoms with E-state index < -0.39 is 0 Å². The summed E-state index contributed by atoms with van der Waals surface area (Å²) in [6.07, 6.45) is 0. The van der Waals surface area contributed by atoms with Gasteiger partial charge in [0, 0.05) is 18.8 Å². The second-order valence-corrected chi connectivity index (χ2v) is 5.50. The monoisotopic (exact) mass is 205 g/mol. The fourth-order valence-electron chi connectivity index (χ4n) is 1.49. The summed E-state index contributed by atoms with van der Waals surface area (Å²) >= 11 is 0. The van der Waals surface area contributed by atoms with Crippen LogP contribution in [0, 0.1) is 0 Å². The van der Waals surface area contributed by atoms with Crippen molar-refractivity contribution in [1.82, 2.24) is 0 Å². The zero-order valence-corrected chi connectivity index (χ0v) is 10.8. The summed E-state index contributed by atoms with van der Waals surface area (Å²) in [5.74, 6) is 0. The molecule has 0 spiro atoms. The fourth-order valence-corrected chi connectivity index (χ4v) is 1.49. The van der Waals surface area contributed by atoms with Crippen molar-refractivity contribution in [2.75, 3.05) is 11.9 Å². The van der Waals surface area contributed by atoms with E-state index in [0.29, 0.717) is 6.04 Å². The van der Waals surface area contributed by atoms with Gasteiger partial charge in [0.2, 0.25) is 0 Å². The van der Waals surface area contributed by atoms with Gasteiger partial charge < -0.3 is 4.90 Å². The maximum absolute atomic E-state index is 2.28. The zero-order chi connectivity index (χ0) is 11.6. The molecule has 0 aliphatic heterocycles. The Morgan fingerprint density at radius 1 is 1.00 bits per heavy atom. The molecule has 0 fully saturated rings. The first-order chi connectivity index (χ1) is 6.82. The standard InChI is InChI=1S/C14H23N/c1-11(2)15(6)13-9-7-12(8-10-13)14(3,4)5/h7-11H,1-6H3. The molecule has 0 N–H and O–H groups in total. The second kappa shape index (κ2) is 4.26. The van der Waals surface area contributed by atoms with Gasteiger partial charge in [0.15, 0.2) is 0 Å². The third kappa shape index (κ3) is 2.98. The molecule has 0 heterocycles. The van der Waals surface area contributed by atoms with Crippen LogP contribution in [-0.2, 0) is 5.41 Å². The number of hydrogen-bond donors (Lipinski definition) is 0. The van der Waals surface area contributed by atoms with Crippen LogP contribution in [0.3, 0.4) is 0 Å². The van der Waals surface area contributed by atoms with Crippen LogP contribution in [0.1, 0.15) is 40.2 Å². The van der Waals surface area contributed by atoms with Gasteiger partial charge in [-0.15, -0.1) is 0 Å². The van der Waals surface area contributed by atoms with Gasteiger partial charge >= 0.3 is 0 Å². The van der Waals surface area contributed by atoms with Gasteiger partial charge in [-0.2, -0.15) is 0 Å². The van der Waals surface area contributed by atoms with Gasteiger partial charge in [0.05, 0.1) is 0 Å². The summed E-state index contributed by atoms with van der Waals surface area (Å²) in [5.41, 5.74) is 2.93. The van der Waals surface area contributed by atoms with E-state index in [1.54, 1.807) is 0 Å². The Kier molecular flexibility index (Phi) is 3.43. The summed E-state index contributed by atoms with van der Waals surface area (Å²) in [4.78, 5) is 2.28. The van der Waals surface area contributed by atoms with Crippen molar-refractivity contribution in [3.05, 3.63) is 29.8 Å². The molecule has 0 aliphatic rings. The first kappa shape index (κ1) is 12.1. The lowest BCUT2D eigenvalue weighted by Crippen LogP contribution is -2.25. The SMILES string of the molecule is CC(C)N(C)c1ccc(C(C)(C)C)cc1. The molecule has 0 atom stereocenters. The normalized spacial score (nSPS) is 11.9. The van der Waals surface area contributed by atoms with E-state index in [0.717, 1.165) is 0 Å².